The van der Waals surface area contributed by atoms with E-state index in [4.69, 9.17) is 4.74 Å². The highest BCUT2D eigenvalue weighted by molar-refractivity contribution is 5.83. The Morgan fingerprint density at radius 3 is 2.57 bits per heavy atom. The number of aliphatic hydroxyl groups excluding tert-OH is 3. The van der Waals surface area contributed by atoms with Crippen molar-refractivity contribution in [1.29, 1.82) is 0 Å². The first-order chi connectivity index (χ1) is 10.8. The molecule has 1 aliphatic rings. The van der Waals surface area contributed by atoms with Crippen LogP contribution in [0.5, 0.6) is 0 Å². The maximum atomic E-state index is 10.2. The van der Waals surface area contributed by atoms with Crippen LogP contribution >= 0.6 is 0 Å². The lowest BCUT2D eigenvalue weighted by molar-refractivity contribution is -0.0511. The molecule has 23 heavy (non-hydrogen) atoms. The van der Waals surface area contributed by atoms with Gasteiger partial charge in [-0.15, -0.1) is 0 Å². The third-order valence-corrected chi connectivity index (χ3v) is 3.64. The standard InChI is InChI=1S/C14H21N5O4/c1-14(2,3)18-11-8-12(16-5-15-11)19(6-17-8)13-10(22)9(21)7(4-20)23-13/h5-7,9-10,13,20-22H,4H2,1-3H3,(H,15,16,18)/t7-,9-,10-,13?/m1/s1. The van der Waals surface area contributed by atoms with E-state index in [9.17, 15) is 15.3 Å². The molecule has 0 radical (unpaired) electrons. The quantitative estimate of drug-likeness (QED) is 0.604. The van der Waals surface area contributed by atoms with Gasteiger partial charge in [-0.3, -0.25) is 4.57 Å². The van der Waals surface area contributed by atoms with Gasteiger partial charge in [0, 0.05) is 5.54 Å². The number of hydrogen-bond donors (Lipinski definition) is 4. The van der Waals surface area contributed by atoms with Gasteiger partial charge in [0.15, 0.2) is 23.2 Å². The molecule has 2 aromatic rings. The molecule has 4 N–H and O–H groups in total. The summed E-state index contributed by atoms with van der Waals surface area (Å²) in [6.07, 6.45) is -1.19. The van der Waals surface area contributed by atoms with E-state index in [0.29, 0.717) is 17.0 Å². The lowest BCUT2D eigenvalue weighted by Gasteiger charge is -2.21. The second-order valence-electron chi connectivity index (χ2n) is 6.65. The molecule has 1 aliphatic heterocycles. The van der Waals surface area contributed by atoms with Gasteiger partial charge in [-0.25, -0.2) is 15.0 Å². The van der Waals surface area contributed by atoms with E-state index >= 15 is 0 Å². The number of anilines is 1. The summed E-state index contributed by atoms with van der Waals surface area (Å²) in [5, 5.41) is 32.5. The number of imidazole rings is 1. The number of rotatable bonds is 3. The monoisotopic (exact) mass is 323 g/mol. The number of nitrogens with one attached hydrogen (secondary N) is 1. The van der Waals surface area contributed by atoms with Crippen LogP contribution in [-0.4, -0.2) is 65.3 Å². The van der Waals surface area contributed by atoms with Crippen molar-refractivity contribution in [3.05, 3.63) is 12.7 Å². The maximum absolute atomic E-state index is 10.2. The molecular formula is C14H21N5O4. The first-order valence-electron chi connectivity index (χ1n) is 7.40. The molecule has 3 rings (SSSR count). The lowest BCUT2D eigenvalue weighted by Crippen LogP contribution is -2.33. The third kappa shape index (κ3) is 2.88. The molecule has 0 aromatic carbocycles. The molecule has 0 amide bonds. The zero-order chi connectivity index (χ0) is 16.8. The molecule has 0 aliphatic carbocycles. The highest BCUT2D eigenvalue weighted by atomic mass is 16.6. The minimum absolute atomic E-state index is 0.202. The Morgan fingerprint density at radius 1 is 1.22 bits per heavy atom. The van der Waals surface area contributed by atoms with Crippen LogP contribution in [0.3, 0.4) is 0 Å². The van der Waals surface area contributed by atoms with Gasteiger partial charge in [-0.2, -0.15) is 0 Å². The van der Waals surface area contributed by atoms with Crippen molar-refractivity contribution in [1.82, 2.24) is 19.5 Å². The Labute approximate surface area is 133 Å². The lowest BCUT2D eigenvalue weighted by atomic mass is 10.1. The summed E-state index contributed by atoms with van der Waals surface area (Å²) in [6.45, 7) is 5.63. The Morgan fingerprint density at radius 2 is 1.96 bits per heavy atom. The molecule has 0 spiro atoms. The summed E-state index contributed by atoms with van der Waals surface area (Å²) < 4.78 is 7.06. The first-order valence-corrected chi connectivity index (χ1v) is 7.40. The van der Waals surface area contributed by atoms with Crippen molar-refractivity contribution < 1.29 is 20.1 Å². The largest absolute Gasteiger partial charge is 0.394 e. The summed E-state index contributed by atoms with van der Waals surface area (Å²) in [5.74, 6) is 0.577. The molecule has 9 heteroatoms. The molecular weight excluding hydrogens is 302 g/mol. The summed E-state index contributed by atoms with van der Waals surface area (Å²) in [6, 6.07) is 0. The normalized spacial score (nSPS) is 28.4. The first kappa shape index (κ1) is 16.1. The molecule has 3 heterocycles. The molecule has 0 saturated carbocycles. The van der Waals surface area contributed by atoms with Crippen LogP contribution in [-0.2, 0) is 4.74 Å². The van der Waals surface area contributed by atoms with E-state index in [1.54, 1.807) is 0 Å². The topological polar surface area (TPSA) is 126 Å². The van der Waals surface area contributed by atoms with Crippen LogP contribution in [0.2, 0.25) is 0 Å². The average molecular weight is 323 g/mol. The van der Waals surface area contributed by atoms with Gasteiger partial charge < -0.3 is 25.4 Å². The molecule has 0 bridgehead atoms. The predicted molar refractivity (Wildman–Crippen MR) is 81.7 cm³/mol. The summed E-state index contributed by atoms with van der Waals surface area (Å²) in [5.41, 5.74) is 0.814. The van der Waals surface area contributed by atoms with Crippen LogP contribution in [0.25, 0.3) is 11.2 Å². The fourth-order valence-corrected chi connectivity index (χ4v) is 2.59. The number of aromatic nitrogens is 4. The predicted octanol–water partition coefficient (Wildman–Crippen LogP) is -0.352. The van der Waals surface area contributed by atoms with Crippen molar-refractivity contribution in [2.45, 2.75) is 50.8 Å². The Kier molecular flexibility index (Phi) is 3.96. The number of ether oxygens (including phenoxy) is 1. The highest BCUT2D eigenvalue weighted by Crippen LogP contribution is 2.32. The van der Waals surface area contributed by atoms with Crippen molar-refractivity contribution in [3.63, 3.8) is 0 Å². The summed E-state index contributed by atoms with van der Waals surface area (Å²) in [7, 11) is 0. The summed E-state index contributed by atoms with van der Waals surface area (Å²) >= 11 is 0. The van der Waals surface area contributed by atoms with Crippen molar-refractivity contribution in [2.75, 3.05) is 11.9 Å². The van der Waals surface area contributed by atoms with E-state index in [1.807, 2.05) is 20.8 Å². The van der Waals surface area contributed by atoms with E-state index < -0.39 is 24.5 Å². The molecule has 1 fully saturated rings. The van der Waals surface area contributed by atoms with Crippen LogP contribution < -0.4 is 5.32 Å². The maximum Gasteiger partial charge on any atom is 0.167 e. The number of hydrogen-bond acceptors (Lipinski definition) is 8. The van der Waals surface area contributed by atoms with Gasteiger partial charge in [0.1, 0.15) is 24.6 Å². The fourth-order valence-electron chi connectivity index (χ4n) is 2.59. The van der Waals surface area contributed by atoms with E-state index in [-0.39, 0.29) is 12.1 Å². The van der Waals surface area contributed by atoms with Crippen molar-refractivity contribution >= 4 is 17.0 Å². The number of nitrogens with zero attached hydrogens (tertiary/aromatic N) is 4. The molecule has 2 aromatic heterocycles. The molecule has 9 nitrogen and oxygen atoms in total. The highest BCUT2D eigenvalue weighted by Gasteiger charge is 2.44. The number of fused-ring (bicyclic) bond motifs is 1. The van der Waals surface area contributed by atoms with E-state index in [2.05, 4.69) is 20.3 Å². The van der Waals surface area contributed by atoms with E-state index in [0.717, 1.165) is 0 Å². The zero-order valence-electron chi connectivity index (χ0n) is 13.2. The molecule has 126 valence electrons. The summed E-state index contributed by atoms with van der Waals surface area (Å²) in [4.78, 5) is 12.7. The fraction of sp³-hybridized carbons (Fsp3) is 0.643. The average Bonchev–Trinajstić information content (AvgIpc) is 3.01. The Balaban J connectivity index is 1.99. The third-order valence-electron chi connectivity index (χ3n) is 3.64. The second kappa shape index (κ2) is 5.68. The number of aliphatic hydroxyl groups is 3. The van der Waals surface area contributed by atoms with Crippen molar-refractivity contribution in [3.8, 4) is 0 Å². The van der Waals surface area contributed by atoms with Gasteiger partial charge in [0.25, 0.3) is 0 Å². The van der Waals surface area contributed by atoms with Crippen molar-refractivity contribution in [2.24, 2.45) is 0 Å². The van der Waals surface area contributed by atoms with Crippen LogP contribution in [0, 0.1) is 0 Å². The van der Waals surface area contributed by atoms with Gasteiger partial charge in [-0.05, 0) is 20.8 Å². The second-order valence-corrected chi connectivity index (χ2v) is 6.65. The van der Waals surface area contributed by atoms with Gasteiger partial charge in [0.05, 0.1) is 12.9 Å². The zero-order valence-corrected chi connectivity index (χ0v) is 13.2. The van der Waals surface area contributed by atoms with Gasteiger partial charge >= 0.3 is 0 Å². The van der Waals surface area contributed by atoms with E-state index in [1.165, 1.54) is 17.2 Å². The van der Waals surface area contributed by atoms with Gasteiger partial charge in [0.2, 0.25) is 0 Å². The Bertz CT molecular complexity index is 698. The minimum Gasteiger partial charge on any atom is -0.394 e. The smallest absolute Gasteiger partial charge is 0.167 e. The molecule has 1 saturated heterocycles. The molecule has 4 atom stereocenters. The molecule has 1 unspecified atom stereocenters. The van der Waals surface area contributed by atoms with Crippen LogP contribution in [0.1, 0.15) is 27.0 Å². The minimum atomic E-state index is -1.18. The van der Waals surface area contributed by atoms with Crippen LogP contribution in [0.4, 0.5) is 5.82 Å². The van der Waals surface area contributed by atoms with Crippen LogP contribution in [0.15, 0.2) is 12.7 Å². The SMILES string of the molecule is CC(C)(C)Nc1ncnc2c1ncn2C1O[C@H](CO)[C@@H](O)[C@H]1O. The Hall–Kier alpha value is -1.81. The van der Waals surface area contributed by atoms with Gasteiger partial charge in [-0.1, -0.05) is 0 Å².